The minimum Gasteiger partial charge on any atom is -0.489 e. The fourth-order valence-electron chi connectivity index (χ4n) is 3.18. The lowest BCUT2D eigenvalue weighted by molar-refractivity contribution is 0.214. The molecule has 0 bridgehead atoms. The molecular formula is C25H21I2N3O2. The first-order valence-electron chi connectivity index (χ1n) is 10.2. The fourth-order valence-corrected chi connectivity index (χ4v) is 5.25. The second kappa shape index (κ2) is 10.1. The van der Waals surface area contributed by atoms with Crippen LogP contribution >= 0.6 is 45.2 Å². The minimum absolute atomic E-state index is 0.146. The number of para-hydroxylation sites is 1. The first-order chi connectivity index (χ1) is 15.5. The number of ether oxygens (including phenoxy) is 1. The molecule has 1 atom stereocenters. The van der Waals surface area contributed by atoms with Crippen molar-refractivity contribution >= 4 is 62.3 Å². The summed E-state index contributed by atoms with van der Waals surface area (Å²) in [5.74, 6) is 1.39. The average molecular weight is 649 g/mol. The highest BCUT2D eigenvalue weighted by atomic mass is 127. The molecule has 0 fully saturated rings. The third kappa shape index (κ3) is 4.88. The quantitative estimate of drug-likeness (QED) is 0.181. The molecule has 0 aliphatic rings. The van der Waals surface area contributed by atoms with Crippen LogP contribution in [-0.2, 0) is 0 Å². The van der Waals surface area contributed by atoms with Gasteiger partial charge in [0.25, 0.3) is 5.56 Å². The van der Waals surface area contributed by atoms with E-state index in [1.807, 2.05) is 60.7 Å². The molecule has 0 aliphatic heterocycles. The van der Waals surface area contributed by atoms with Crippen molar-refractivity contribution in [3.05, 3.63) is 89.8 Å². The molecule has 5 nitrogen and oxygen atoms in total. The standard InChI is InChI=1S/C25H21I2N3O2/c1-3-16(2)32-23-20(26)13-17(14-21(23)27)15-28-30-24(18-9-5-4-6-10-18)29-22-12-8-7-11-19(22)25(30)31/h4-16H,3H2,1-2H3/t16-/m0/s1. The monoisotopic (exact) mass is 649 g/mol. The van der Waals surface area contributed by atoms with E-state index in [0.29, 0.717) is 16.7 Å². The first-order valence-corrected chi connectivity index (χ1v) is 12.4. The zero-order valence-corrected chi connectivity index (χ0v) is 21.9. The van der Waals surface area contributed by atoms with E-state index in [1.165, 1.54) is 4.68 Å². The number of rotatable bonds is 6. The predicted octanol–water partition coefficient (Wildman–Crippen LogP) is 6.33. The summed E-state index contributed by atoms with van der Waals surface area (Å²) in [6.07, 6.45) is 2.78. The largest absolute Gasteiger partial charge is 0.489 e. The Morgan fingerprint density at radius 2 is 1.72 bits per heavy atom. The smallest absolute Gasteiger partial charge is 0.282 e. The molecular weight excluding hydrogens is 628 g/mol. The van der Waals surface area contributed by atoms with Gasteiger partial charge in [-0.25, -0.2) is 4.98 Å². The molecule has 0 spiro atoms. The van der Waals surface area contributed by atoms with Gasteiger partial charge in [-0.2, -0.15) is 9.78 Å². The Morgan fingerprint density at radius 1 is 1.06 bits per heavy atom. The Hall–Kier alpha value is -2.27. The van der Waals surface area contributed by atoms with E-state index < -0.39 is 0 Å². The van der Waals surface area contributed by atoms with Crippen molar-refractivity contribution in [2.45, 2.75) is 26.4 Å². The number of benzene rings is 3. The number of nitrogens with zero attached hydrogens (tertiary/aromatic N) is 3. The molecule has 0 unspecified atom stereocenters. The van der Waals surface area contributed by atoms with E-state index >= 15 is 0 Å². The van der Waals surface area contributed by atoms with Crippen molar-refractivity contribution in [1.29, 1.82) is 0 Å². The summed E-state index contributed by atoms with van der Waals surface area (Å²) in [5.41, 5.74) is 2.16. The van der Waals surface area contributed by atoms with Crippen LogP contribution in [0.4, 0.5) is 0 Å². The van der Waals surface area contributed by atoms with Crippen LogP contribution in [0.5, 0.6) is 5.75 Å². The van der Waals surface area contributed by atoms with Gasteiger partial charge >= 0.3 is 0 Å². The molecule has 1 aromatic heterocycles. The molecule has 3 aromatic carbocycles. The topological polar surface area (TPSA) is 56.5 Å². The summed E-state index contributed by atoms with van der Waals surface area (Å²) in [6, 6.07) is 21.0. The van der Waals surface area contributed by atoms with E-state index in [-0.39, 0.29) is 11.7 Å². The van der Waals surface area contributed by atoms with E-state index in [9.17, 15) is 4.79 Å². The van der Waals surface area contributed by atoms with Crippen LogP contribution in [0, 0.1) is 7.14 Å². The molecule has 0 N–H and O–H groups in total. The third-order valence-electron chi connectivity index (χ3n) is 5.02. The molecule has 0 aliphatic carbocycles. The zero-order chi connectivity index (χ0) is 22.7. The summed E-state index contributed by atoms with van der Waals surface area (Å²) in [4.78, 5) is 18.0. The Morgan fingerprint density at radius 3 is 2.41 bits per heavy atom. The van der Waals surface area contributed by atoms with Gasteiger partial charge in [0.1, 0.15) is 5.75 Å². The van der Waals surface area contributed by atoms with Gasteiger partial charge in [-0.15, -0.1) is 0 Å². The number of halogens is 2. The minimum atomic E-state index is -0.202. The molecule has 32 heavy (non-hydrogen) atoms. The van der Waals surface area contributed by atoms with Crippen molar-refractivity contribution in [2.24, 2.45) is 5.10 Å². The maximum atomic E-state index is 13.3. The summed E-state index contributed by atoms with van der Waals surface area (Å²) >= 11 is 4.56. The van der Waals surface area contributed by atoms with Crippen LogP contribution in [0.25, 0.3) is 22.3 Å². The van der Waals surface area contributed by atoms with Crippen LogP contribution < -0.4 is 10.3 Å². The van der Waals surface area contributed by atoms with Crippen molar-refractivity contribution in [2.75, 3.05) is 0 Å². The number of fused-ring (bicyclic) bond motifs is 1. The fraction of sp³-hybridized carbons (Fsp3) is 0.160. The third-order valence-corrected chi connectivity index (χ3v) is 6.63. The van der Waals surface area contributed by atoms with Crippen molar-refractivity contribution in [3.63, 3.8) is 0 Å². The highest BCUT2D eigenvalue weighted by molar-refractivity contribution is 14.1. The van der Waals surface area contributed by atoms with Gasteiger partial charge in [0.05, 0.1) is 30.4 Å². The highest BCUT2D eigenvalue weighted by Gasteiger charge is 2.13. The van der Waals surface area contributed by atoms with Crippen molar-refractivity contribution < 1.29 is 4.74 Å². The maximum absolute atomic E-state index is 13.3. The number of aromatic nitrogens is 2. The maximum Gasteiger partial charge on any atom is 0.282 e. The van der Waals surface area contributed by atoms with Gasteiger partial charge in [0.2, 0.25) is 0 Å². The summed E-state index contributed by atoms with van der Waals surface area (Å²) < 4.78 is 9.44. The Kier molecular flexibility index (Phi) is 7.24. The Balaban J connectivity index is 1.81. The SMILES string of the molecule is CC[C@H](C)Oc1c(I)cc(C=Nn2c(-c3ccccc3)nc3ccccc3c2=O)cc1I. The molecule has 4 aromatic rings. The molecule has 162 valence electrons. The number of hydrogen-bond acceptors (Lipinski definition) is 4. The average Bonchev–Trinajstić information content (AvgIpc) is 2.81. The zero-order valence-electron chi connectivity index (χ0n) is 17.6. The lowest BCUT2D eigenvalue weighted by atomic mass is 10.2. The normalized spacial score (nSPS) is 12.4. The lowest BCUT2D eigenvalue weighted by Crippen LogP contribution is -2.20. The second-order valence-corrected chi connectivity index (χ2v) is 9.65. The van der Waals surface area contributed by atoms with Crippen LogP contribution in [0.2, 0.25) is 0 Å². The molecule has 4 rings (SSSR count). The lowest BCUT2D eigenvalue weighted by Gasteiger charge is -2.16. The van der Waals surface area contributed by atoms with E-state index in [2.05, 4.69) is 64.1 Å². The predicted molar refractivity (Wildman–Crippen MR) is 147 cm³/mol. The number of hydrogen-bond donors (Lipinski definition) is 0. The van der Waals surface area contributed by atoms with E-state index in [1.54, 1.807) is 12.3 Å². The molecule has 7 heteroatoms. The summed E-state index contributed by atoms with van der Waals surface area (Å²) in [6.45, 7) is 4.16. The van der Waals surface area contributed by atoms with Crippen molar-refractivity contribution in [1.82, 2.24) is 9.66 Å². The van der Waals surface area contributed by atoms with Gasteiger partial charge in [-0.1, -0.05) is 49.4 Å². The molecule has 1 heterocycles. The Labute approximate surface area is 213 Å². The van der Waals surface area contributed by atoms with Gasteiger partial charge in [-0.3, -0.25) is 4.79 Å². The van der Waals surface area contributed by atoms with Gasteiger partial charge in [0.15, 0.2) is 5.82 Å². The van der Waals surface area contributed by atoms with Crippen LogP contribution in [0.1, 0.15) is 25.8 Å². The van der Waals surface area contributed by atoms with E-state index in [4.69, 9.17) is 9.72 Å². The second-order valence-electron chi connectivity index (χ2n) is 7.33. The Bertz CT molecular complexity index is 1330. The van der Waals surface area contributed by atoms with Gasteiger partial charge < -0.3 is 4.74 Å². The molecule has 0 saturated carbocycles. The van der Waals surface area contributed by atoms with E-state index in [0.717, 1.165) is 30.4 Å². The first kappa shape index (κ1) is 22.9. The van der Waals surface area contributed by atoms with Gasteiger partial charge in [-0.05, 0) is 88.4 Å². The molecule has 0 amide bonds. The summed E-state index contributed by atoms with van der Waals surface area (Å²) in [7, 11) is 0. The van der Waals surface area contributed by atoms with Crippen LogP contribution in [0.15, 0.2) is 76.6 Å². The van der Waals surface area contributed by atoms with Crippen LogP contribution in [-0.4, -0.2) is 22.0 Å². The summed E-state index contributed by atoms with van der Waals surface area (Å²) in [5, 5.41) is 5.09. The van der Waals surface area contributed by atoms with Crippen molar-refractivity contribution in [3.8, 4) is 17.1 Å². The molecule has 0 saturated heterocycles. The molecule has 0 radical (unpaired) electrons. The van der Waals surface area contributed by atoms with Crippen LogP contribution in [0.3, 0.4) is 0 Å². The highest BCUT2D eigenvalue weighted by Crippen LogP contribution is 2.30. The van der Waals surface area contributed by atoms with Gasteiger partial charge in [0, 0.05) is 5.56 Å².